The van der Waals surface area contributed by atoms with Crippen LogP contribution in [0.15, 0.2) is 60.9 Å². The average Bonchev–Trinajstić information content (AvgIpc) is 3.39. The number of alkyl halides is 3. The molecule has 0 bridgehead atoms. The van der Waals surface area contributed by atoms with Crippen molar-refractivity contribution in [3.05, 3.63) is 89.1 Å². The van der Waals surface area contributed by atoms with Gasteiger partial charge in [-0.2, -0.15) is 23.4 Å². The lowest BCUT2D eigenvalue weighted by molar-refractivity contribution is -0.141. The van der Waals surface area contributed by atoms with Crippen LogP contribution in [-0.4, -0.2) is 30.5 Å². The zero-order valence-electron chi connectivity index (χ0n) is 17.3. The highest BCUT2D eigenvalue weighted by Gasteiger charge is 2.33. The normalized spacial score (nSPS) is 11.5. The molecule has 4 aromatic rings. The largest absolute Gasteiger partial charge is 0.435 e. The van der Waals surface area contributed by atoms with E-state index >= 15 is 0 Å². The van der Waals surface area contributed by atoms with Crippen molar-refractivity contribution in [2.75, 3.05) is 0 Å². The molecule has 1 N–H and O–H groups in total. The number of nitrogens with one attached hydrogen (secondary N) is 1. The number of aromatic nitrogens is 5. The number of carbonyl (C=O) groups excluding carboxylic acids is 1. The second kappa shape index (κ2) is 8.29. The van der Waals surface area contributed by atoms with E-state index in [0.717, 1.165) is 27.7 Å². The number of hydrogen-bond donors (Lipinski definition) is 1. The molecule has 0 saturated heterocycles. The Labute approximate surface area is 181 Å². The van der Waals surface area contributed by atoms with Gasteiger partial charge in [-0.1, -0.05) is 6.07 Å². The van der Waals surface area contributed by atoms with Gasteiger partial charge in [-0.3, -0.25) is 4.79 Å². The van der Waals surface area contributed by atoms with E-state index in [4.69, 9.17) is 0 Å². The number of carbonyl (C=O) groups is 1. The lowest BCUT2D eigenvalue weighted by Crippen LogP contribution is -2.22. The predicted octanol–water partition coefficient (Wildman–Crippen LogP) is 4.02. The summed E-state index contributed by atoms with van der Waals surface area (Å²) in [5.74, 6) is 0.379. The van der Waals surface area contributed by atoms with E-state index in [1.807, 2.05) is 32.0 Å². The van der Waals surface area contributed by atoms with Crippen molar-refractivity contribution >= 4 is 5.91 Å². The molecule has 1 amide bonds. The van der Waals surface area contributed by atoms with Crippen LogP contribution in [0.5, 0.6) is 0 Å². The van der Waals surface area contributed by atoms with E-state index in [9.17, 15) is 18.0 Å². The molecular weight excluding hydrogens is 421 g/mol. The maximum absolute atomic E-state index is 12.7. The molecule has 0 saturated carbocycles. The van der Waals surface area contributed by atoms with Gasteiger partial charge < -0.3 is 5.32 Å². The molecule has 0 unspecified atom stereocenters. The molecule has 7 nitrogen and oxygen atoms in total. The number of rotatable bonds is 5. The van der Waals surface area contributed by atoms with Gasteiger partial charge >= 0.3 is 6.18 Å². The molecule has 32 heavy (non-hydrogen) atoms. The summed E-state index contributed by atoms with van der Waals surface area (Å²) < 4.78 is 41.0. The van der Waals surface area contributed by atoms with Gasteiger partial charge in [0.25, 0.3) is 5.91 Å². The quantitative estimate of drug-likeness (QED) is 0.509. The molecule has 3 aromatic heterocycles. The van der Waals surface area contributed by atoms with Gasteiger partial charge in [0.2, 0.25) is 0 Å². The smallest absolute Gasteiger partial charge is 0.348 e. The van der Waals surface area contributed by atoms with Gasteiger partial charge in [-0.15, -0.1) is 0 Å². The van der Waals surface area contributed by atoms with Gasteiger partial charge in [0.05, 0.1) is 11.4 Å². The Kier molecular flexibility index (Phi) is 5.52. The highest BCUT2D eigenvalue weighted by atomic mass is 19.4. The monoisotopic (exact) mass is 440 g/mol. The summed E-state index contributed by atoms with van der Waals surface area (Å²) in [6, 6.07) is 12.7. The number of nitrogens with zero attached hydrogens (tertiary/aromatic N) is 5. The molecule has 4 rings (SSSR count). The molecule has 0 atom stereocenters. The summed E-state index contributed by atoms with van der Waals surface area (Å²) in [5, 5.41) is 10.7. The van der Waals surface area contributed by atoms with Crippen molar-refractivity contribution in [2.45, 2.75) is 26.6 Å². The van der Waals surface area contributed by atoms with Crippen LogP contribution >= 0.6 is 0 Å². The zero-order valence-corrected chi connectivity index (χ0v) is 17.3. The first-order chi connectivity index (χ1) is 15.2. The fourth-order valence-corrected chi connectivity index (χ4v) is 3.18. The van der Waals surface area contributed by atoms with Crippen molar-refractivity contribution in [2.24, 2.45) is 0 Å². The Hall–Kier alpha value is -3.95. The van der Waals surface area contributed by atoms with Crippen LogP contribution in [-0.2, 0) is 12.7 Å². The Morgan fingerprint density at radius 3 is 2.34 bits per heavy atom. The number of hydrogen-bond acceptors (Lipinski definition) is 4. The third kappa shape index (κ3) is 4.53. The Bertz CT molecular complexity index is 1240. The van der Waals surface area contributed by atoms with Gasteiger partial charge in [0, 0.05) is 30.2 Å². The summed E-state index contributed by atoms with van der Waals surface area (Å²) in [4.78, 5) is 16.8. The minimum absolute atomic E-state index is 0.277. The van der Waals surface area contributed by atoms with E-state index in [2.05, 4.69) is 20.5 Å². The fraction of sp³-hybridized carbons (Fsp3) is 0.182. The topological polar surface area (TPSA) is 77.6 Å². The molecular formula is C22H19F3N6O. The Balaban J connectivity index is 1.38. The van der Waals surface area contributed by atoms with Crippen molar-refractivity contribution in [3.63, 3.8) is 0 Å². The highest BCUT2D eigenvalue weighted by molar-refractivity contribution is 5.94. The zero-order chi connectivity index (χ0) is 22.9. The molecule has 1 aromatic carbocycles. The van der Waals surface area contributed by atoms with E-state index in [-0.39, 0.29) is 12.5 Å². The standard InChI is InChI=1S/C22H19F3N6O/c1-14-11-15(2)31(28-14)20-8-3-16(12-26-20)13-27-21(32)17-4-6-18(7-5-17)30-10-9-19(29-30)22(23,24)25/h3-12H,13H2,1-2H3,(H,27,32). The van der Waals surface area contributed by atoms with Crippen molar-refractivity contribution in [1.82, 2.24) is 29.9 Å². The average molecular weight is 440 g/mol. The van der Waals surface area contributed by atoms with Crippen molar-refractivity contribution in [1.29, 1.82) is 0 Å². The third-order valence-corrected chi connectivity index (χ3v) is 4.76. The van der Waals surface area contributed by atoms with Gasteiger partial charge in [0.15, 0.2) is 11.5 Å². The SMILES string of the molecule is Cc1cc(C)n(-c2ccc(CNC(=O)c3ccc(-n4ccc(C(F)(F)F)n4)cc3)cn2)n1. The van der Waals surface area contributed by atoms with E-state index in [0.29, 0.717) is 17.1 Å². The van der Waals surface area contributed by atoms with Gasteiger partial charge in [-0.25, -0.2) is 14.3 Å². The van der Waals surface area contributed by atoms with Crippen LogP contribution in [0.3, 0.4) is 0 Å². The minimum Gasteiger partial charge on any atom is -0.348 e. The number of aryl methyl sites for hydroxylation is 2. The third-order valence-electron chi connectivity index (χ3n) is 4.76. The molecule has 0 aliphatic carbocycles. The molecule has 0 aliphatic heterocycles. The first kappa shape index (κ1) is 21.3. The molecule has 0 spiro atoms. The molecule has 164 valence electrons. The van der Waals surface area contributed by atoms with Crippen molar-refractivity contribution in [3.8, 4) is 11.5 Å². The van der Waals surface area contributed by atoms with Crippen LogP contribution in [0.4, 0.5) is 13.2 Å². The molecule has 0 radical (unpaired) electrons. The minimum atomic E-state index is -4.51. The predicted molar refractivity (Wildman–Crippen MR) is 111 cm³/mol. The maximum atomic E-state index is 12.7. The fourth-order valence-electron chi connectivity index (χ4n) is 3.18. The van der Waals surface area contributed by atoms with E-state index < -0.39 is 11.9 Å². The second-order valence-corrected chi connectivity index (χ2v) is 7.24. The molecule has 10 heteroatoms. The maximum Gasteiger partial charge on any atom is 0.435 e. The summed E-state index contributed by atoms with van der Waals surface area (Å²) in [7, 11) is 0. The van der Waals surface area contributed by atoms with E-state index in [1.165, 1.54) is 30.5 Å². The van der Waals surface area contributed by atoms with Crippen LogP contribution < -0.4 is 5.32 Å². The first-order valence-electron chi connectivity index (χ1n) is 9.71. The molecule has 3 heterocycles. The van der Waals surface area contributed by atoms with E-state index in [1.54, 1.807) is 10.9 Å². The number of halogens is 3. The number of benzene rings is 1. The van der Waals surface area contributed by atoms with Crippen LogP contribution in [0.1, 0.15) is 33.0 Å². The lowest BCUT2D eigenvalue weighted by atomic mass is 10.2. The van der Waals surface area contributed by atoms with Gasteiger partial charge in [0.1, 0.15) is 0 Å². The van der Waals surface area contributed by atoms with Crippen molar-refractivity contribution < 1.29 is 18.0 Å². The number of amides is 1. The first-order valence-corrected chi connectivity index (χ1v) is 9.71. The molecule has 0 fully saturated rings. The summed E-state index contributed by atoms with van der Waals surface area (Å²) in [6.07, 6.45) is -1.61. The van der Waals surface area contributed by atoms with Crippen LogP contribution in [0.25, 0.3) is 11.5 Å². The van der Waals surface area contributed by atoms with Crippen LogP contribution in [0.2, 0.25) is 0 Å². The van der Waals surface area contributed by atoms with Gasteiger partial charge in [-0.05, 0) is 61.9 Å². The lowest BCUT2D eigenvalue weighted by Gasteiger charge is -2.08. The Morgan fingerprint density at radius 2 is 1.78 bits per heavy atom. The van der Waals surface area contributed by atoms with Crippen LogP contribution in [0, 0.1) is 13.8 Å². The number of pyridine rings is 1. The summed E-state index contributed by atoms with van der Waals surface area (Å²) in [6.45, 7) is 4.14. The Morgan fingerprint density at radius 1 is 1.03 bits per heavy atom. The summed E-state index contributed by atoms with van der Waals surface area (Å²) >= 11 is 0. The second-order valence-electron chi connectivity index (χ2n) is 7.24. The summed E-state index contributed by atoms with van der Waals surface area (Å²) in [5.41, 5.74) is 2.52. The highest BCUT2D eigenvalue weighted by Crippen LogP contribution is 2.27. The molecule has 0 aliphatic rings.